The zero-order valence-corrected chi connectivity index (χ0v) is 16.8. The maximum atomic E-state index is 12.8. The molecule has 0 bridgehead atoms. The van der Waals surface area contributed by atoms with Crippen molar-refractivity contribution >= 4 is 35.3 Å². The lowest BCUT2D eigenvalue weighted by molar-refractivity contribution is 0.0174. The molecule has 0 radical (unpaired) electrons. The lowest BCUT2D eigenvalue weighted by atomic mass is 9.93. The fourth-order valence-corrected chi connectivity index (χ4v) is 4.20. The smallest absolute Gasteiger partial charge is 0.411 e. The Bertz CT molecular complexity index is 857. The van der Waals surface area contributed by atoms with E-state index in [1.54, 1.807) is 11.0 Å². The van der Waals surface area contributed by atoms with Crippen LogP contribution in [0.15, 0.2) is 18.2 Å². The topological polar surface area (TPSA) is 59.5 Å². The third-order valence-corrected chi connectivity index (χ3v) is 5.43. The molecule has 0 spiro atoms. The molecule has 0 aliphatic carbocycles. The average molecular weight is 393 g/mol. The summed E-state index contributed by atoms with van der Waals surface area (Å²) in [5, 5.41) is 0. The van der Waals surface area contributed by atoms with Gasteiger partial charge < -0.3 is 4.74 Å². The monoisotopic (exact) mass is 392 g/mol. The highest BCUT2D eigenvalue weighted by molar-refractivity contribution is 7.17. The second-order valence-corrected chi connectivity index (χ2v) is 9.00. The zero-order chi connectivity index (χ0) is 19.1. The Morgan fingerprint density at radius 3 is 2.77 bits per heavy atom. The molecule has 0 saturated heterocycles. The molecular formula is C19H21ClN2O3S. The number of carbonyl (C=O) groups excluding carboxylic acids is 2. The summed E-state index contributed by atoms with van der Waals surface area (Å²) in [7, 11) is 0. The molecule has 3 heterocycles. The first kappa shape index (κ1) is 18.9. The number of hydrogen-bond acceptors (Lipinski definition) is 5. The fraction of sp³-hybridized carbons (Fsp3) is 0.421. The summed E-state index contributed by atoms with van der Waals surface area (Å²) in [6.45, 7) is 7.92. The molecule has 2 aromatic heterocycles. The minimum atomic E-state index is -0.603. The first-order chi connectivity index (χ1) is 12.2. The number of nitrogens with zero attached hydrogens (tertiary/aromatic N) is 2. The molecule has 7 heteroatoms. The highest BCUT2D eigenvalue weighted by Gasteiger charge is 2.37. The summed E-state index contributed by atoms with van der Waals surface area (Å²) >= 11 is 7.62. The van der Waals surface area contributed by atoms with Gasteiger partial charge in [0, 0.05) is 17.8 Å². The summed E-state index contributed by atoms with van der Waals surface area (Å²) in [5.41, 5.74) is 2.84. The van der Waals surface area contributed by atoms with Gasteiger partial charge in [0.15, 0.2) is 6.29 Å². The van der Waals surface area contributed by atoms with Gasteiger partial charge in [0.25, 0.3) is 0 Å². The van der Waals surface area contributed by atoms with Gasteiger partial charge in [-0.25, -0.2) is 4.79 Å². The molecule has 26 heavy (non-hydrogen) atoms. The van der Waals surface area contributed by atoms with E-state index in [1.165, 1.54) is 11.3 Å². The third-order valence-electron chi connectivity index (χ3n) is 4.12. The Labute approximate surface area is 161 Å². The number of aromatic nitrogens is 1. The predicted octanol–water partition coefficient (Wildman–Crippen LogP) is 4.80. The maximum absolute atomic E-state index is 12.8. The summed E-state index contributed by atoms with van der Waals surface area (Å²) < 4.78 is 6.08. The zero-order valence-electron chi connectivity index (χ0n) is 15.2. The molecule has 1 amide bonds. The molecule has 1 aliphatic rings. The first-order valence-corrected chi connectivity index (χ1v) is 9.59. The van der Waals surface area contributed by atoms with E-state index in [2.05, 4.69) is 4.98 Å². The average Bonchev–Trinajstić information content (AvgIpc) is 2.92. The van der Waals surface area contributed by atoms with Gasteiger partial charge in [0.1, 0.15) is 11.6 Å². The lowest BCUT2D eigenvalue weighted by Crippen LogP contribution is -2.43. The molecule has 3 rings (SSSR count). The maximum Gasteiger partial charge on any atom is 0.411 e. The van der Waals surface area contributed by atoms with E-state index >= 15 is 0 Å². The van der Waals surface area contributed by atoms with Crippen LogP contribution >= 0.6 is 22.9 Å². The minimum absolute atomic E-state index is 0.411. The number of hydrogen-bond donors (Lipinski definition) is 0. The Morgan fingerprint density at radius 1 is 1.42 bits per heavy atom. The number of aldehydes is 1. The van der Waals surface area contributed by atoms with Crippen molar-refractivity contribution in [1.29, 1.82) is 0 Å². The van der Waals surface area contributed by atoms with Gasteiger partial charge >= 0.3 is 6.09 Å². The molecule has 5 nitrogen and oxygen atoms in total. The molecule has 0 N–H and O–H groups in total. The Kier molecular flexibility index (Phi) is 5.08. The number of halogens is 1. The molecule has 1 atom stereocenters. The van der Waals surface area contributed by atoms with Crippen LogP contribution in [0.4, 0.5) is 4.79 Å². The van der Waals surface area contributed by atoms with Gasteiger partial charge in [-0.05, 0) is 51.8 Å². The number of amides is 1. The van der Waals surface area contributed by atoms with Crippen molar-refractivity contribution in [2.75, 3.05) is 6.54 Å². The minimum Gasteiger partial charge on any atom is -0.444 e. The largest absolute Gasteiger partial charge is 0.444 e. The van der Waals surface area contributed by atoms with Crippen molar-refractivity contribution in [3.63, 3.8) is 0 Å². The molecule has 0 aromatic carbocycles. The van der Waals surface area contributed by atoms with Crippen molar-refractivity contribution in [3.8, 4) is 0 Å². The summed E-state index contributed by atoms with van der Waals surface area (Å²) in [6.07, 6.45) is 1.05. The van der Waals surface area contributed by atoms with Crippen LogP contribution < -0.4 is 0 Å². The van der Waals surface area contributed by atoms with Crippen molar-refractivity contribution in [2.24, 2.45) is 0 Å². The molecule has 0 fully saturated rings. The molecule has 1 unspecified atom stereocenters. The van der Waals surface area contributed by atoms with E-state index in [1.807, 2.05) is 39.8 Å². The summed E-state index contributed by atoms with van der Waals surface area (Å²) in [5.74, 6) is 0. The Morgan fingerprint density at radius 2 is 2.15 bits per heavy atom. The number of thiophene rings is 1. The van der Waals surface area contributed by atoms with Crippen LogP contribution in [0.25, 0.3) is 0 Å². The van der Waals surface area contributed by atoms with E-state index in [-0.39, 0.29) is 0 Å². The standard InChI is InChI=1S/C19H21ClN2O3S/c1-11-5-6-12-7-8-22(18(24)25-19(2,3)4)16(15(12)21-11)14-9-13(10-23)26-17(14)20/h5-6,9-10,16H,7-8H2,1-4H3. The van der Waals surface area contributed by atoms with E-state index < -0.39 is 17.7 Å². The number of carbonyl (C=O) groups is 2. The summed E-state index contributed by atoms with van der Waals surface area (Å²) in [6, 6.07) is 5.27. The van der Waals surface area contributed by atoms with Crippen LogP contribution in [0.1, 0.15) is 59.0 Å². The summed E-state index contributed by atoms with van der Waals surface area (Å²) in [4.78, 5) is 30.9. The van der Waals surface area contributed by atoms with E-state index in [4.69, 9.17) is 16.3 Å². The second-order valence-electron chi connectivity index (χ2n) is 7.32. The van der Waals surface area contributed by atoms with Gasteiger partial charge in [0.05, 0.1) is 14.9 Å². The number of aryl methyl sites for hydroxylation is 1. The number of fused-ring (bicyclic) bond motifs is 1. The van der Waals surface area contributed by atoms with Gasteiger partial charge in [-0.3, -0.25) is 14.7 Å². The molecule has 0 saturated carbocycles. The number of ether oxygens (including phenoxy) is 1. The van der Waals surface area contributed by atoms with Crippen molar-refractivity contribution < 1.29 is 14.3 Å². The van der Waals surface area contributed by atoms with Gasteiger partial charge in [-0.2, -0.15) is 0 Å². The van der Waals surface area contributed by atoms with E-state index in [0.717, 1.165) is 23.2 Å². The molecular weight excluding hydrogens is 372 g/mol. The van der Waals surface area contributed by atoms with Crippen molar-refractivity contribution in [1.82, 2.24) is 9.88 Å². The van der Waals surface area contributed by atoms with Gasteiger partial charge in [-0.1, -0.05) is 17.7 Å². The highest BCUT2D eigenvalue weighted by atomic mass is 35.5. The normalized spacial score (nSPS) is 17.0. The van der Waals surface area contributed by atoms with Crippen molar-refractivity contribution in [3.05, 3.63) is 49.9 Å². The van der Waals surface area contributed by atoms with Crippen molar-refractivity contribution in [2.45, 2.75) is 45.8 Å². The molecule has 138 valence electrons. The van der Waals surface area contributed by atoms with Crippen LogP contribution in [0.2, 0.25) is 4.34 Å². The second kappa shape index (κ2) is 7.00. The Balaban J connectivity index is 2.11. The number of rotatable bonds is 2. The number of pyridine rings is 1. The predicted molar refractivity (Wildman–Crippen MR) is 102 cm³/mol. The van der Waals surface area contributed by atoms with Crippen LogP contribution in [0.3, 0.4) is 0 Å². The Hall–Kier alpha value is -1.92. The molecule has 1 aliphatic heterocycles. The highest BCUT2D eigenvalue weighted by Crippen LogP contribution is 2.41. The lowest BCUT2D eigenvalue weighted by Gasteiger charge is -2.37. The van der Waals surface area contributed by atoms with E-state index in [0.29, 0.717) is 27.7 Å². The first-order valence-electron chi connectivity index (χ1n) is 8.40. The quantitative estimate of drug-likeness (QED) is 0.689. The SMILES string of the molecule is Cc1ccc2c(n1)C(c1cc(C=O)sc1Cl)N(C(=O)OC(C)(C)C)CC2. The van der Waals surface area contributed by atoms with Crippen LogP contribution in [0.5, 0.6) is 0 Å². The van der Waals surface area contributed by atoms with Crippen LogP contribution in [-0.4, -0.2) is 34.4 Å². The van der Waals surface area contributed by atoms with Crippen LogP contribution in [0, 0.1) is 6.92 Å². The van der Waals surface area contributed by atoms with Gasteiger partial charge in [-0.15, -0.1) is 11.3 Å². The van der Waals surface area contributed by atoms with Crippen LogP contribution in [-0.2, 0) is 11.2 Å². The fourth-order valence-electron chi connectivity index (χ4n) is 3.05. The molecule has 2 aromatic rings. The third kappa shape index (κ3) is 3.76. The van der Waals surface area contributed by atoms with Gasteiger partial charge in [0.2, 0.25) is 0 Å². The van der Waals surface area contributed by atoms with E-state index in [9.17, 15) is 9.59 Å².